The summed E-state index contributed by atoms with van der Waals surface area (Å²) in [5.74, 6) is -0.658. The maximum absolute atomic E-state index is 11.9. The lowest BCUT2D eigenvalue weighted by atomic mass is 9.92. The van der Waals surface area contributed by atoms with E-state index in [-0.39, 0.29) is 30.0 Å². The van der Waals surface area contributed by atoms with Crippen molar-refractivity contribution in [2.45, 2.75) is 26.2 Å². The van der Waals surface area contributed by atoms with E-state index in [0.717, 1.165) is 21.5 Å². The molecule has 1 aliphatic heterocycles. The van der Waals surface area contributed by atoms with Crippen molar-refractivity contribution >= 4 is 35.0 Å². The predicted octanol–water partition coefficient (Wildman–Crippen LogP) is 2.69. The molecular formula is C15H16N2O3S2. The lowest BCUT2D eigenvalue weighted by Crippen LogP contribution is -2.31. The van der Waals surface area contributed by atoms with Gasteiger partial charge in [-0.15, -0.1) is 11.3 Å². The van der Waals surface area contributed by atoms with Crippen molar-refractivity contribution in [2.75, 3.05) is 12.4 Å². The summed E-state index contributed by atoms with van der Waals surface area (Å²) in [6.45, 7) is 4.04. The topological polar surface area (TPSA) is 79.2 Å². The number of aryl methyl sites for hydroxylation is 1. The molecule has 2 heterocycles. The number of allylic oxidation sites excluding steroid dienone is 1. The summed E-state index contributed by atoms with van der Waals surface area (Å²) in [4.78, 5) is 25.5. The van der Waals surface area contributed by atoms with Crippen LogP contribution in [0.2, 0.25) is 0 Å². The van der Waals surface area contributed by atoms with E-state index >= 15 is 0 Å². The van der Waals surface area contributed by atoms with Crippen LogP contribution in [0.4, 0.5) is 0 Å². The van der Waals surface area contributed by atoms with Gasteiger partial charge in [0.25, 0.3) is 0 Å². The Morgan fingerprint density at radius 1 is 1.59 bits per heavy atom. The Morgan fingerprint density at radius 3 is 2.95 bits per heavy atom. The lowest BCUT2D eigenvalue weighted by Gasteiger charge is -2.23. The van der Waals surface area contributed by atoms with Crippen LogP contribution in [0.5, 0.6) is 0 Å². The number of nitriles is 1. The van der Waals surface area contributed by atoms with Gasteiger partial charge in [-0.25, -0.2) is 0 Å². The Bertz CT molecular complexity index is 658. The van der Waals surface area contributed by atoms with Gasteiger partial charge in [-0.3, -0.25) is 9.59 Å². The largest absolute Gasteiger partial charge is 0.465 e. The van der Waals surface area contributed by atoms with Crippen LogP contribution in [-0.2, 0) is 14.3 Å². The molecule has 0 radical (unpaired) electrons. The molecule has 2 rings (SSSR count). The van der Waals surface area contributed by atoms with E-state index in [1.807, 2.05) is 19.1 Å². The average molecular weight is 336 g/mol. The highest BCUT2D eigenvalue weighted by Gasteiger charge is 2.30. The Morgan fingerprint density at radius 2 is 2.36 bits per heavy atom. The number of thiophene rings is 1. The van der Waals surface area contributed by atoms with Crippen LogP contribution in [-0.4, -0.2) is 24.2 Å². The number of thioether (sulfide) groups is 1. The van der Waals surface area contributed by atoms with Gasteiger partial charge >= 0.3 is 5.97 Å². The molecule has 1 aromatic heterocycles. The fourth-order valence-corrected chi connectivity index (χ4v) is 4.01. The van der Waals surface area contributed by atoms with Gasteiger partial charge in [0, 0.05) is 22.1 Å². The van der Waals surface area contributed by atoms with Crippen LogP contribution in [0.1, 0.15) is 29.0 Å². The van der Waals surface area contributed by atoms with E-state index in [1.54, 1.807) is 18.3 Å². The molecule has 0 saturated heterocycles. The lowest BCUT2D eigenvalue weighted by molar-refractivity contribution is -0.139. The summed E-state index contributed by atoms with van der Waals surface area (Å²) in [7, 11) is 0. The van der Waals surface area contributed by atoms with Crippen molar-refractivity contribution in [3.63, 3.8) is 0 Å². The van der Waals surface area contributed by atoms with Crippen molar-refractivity contribution in [2.24, 2.45) is 0 Å². The highest BCUT2D eigenvalue weighted by atomic mass is 32.2. The SMILES string of the molecule is CCOC(=O)CSC1=C(C#N)[C@@H](c2ccc(C)s2)CC(=O)N1. The average Bonchev–Trinajstić information content (AvgIpc) is 2.91. The Labute approximate surface area is 137 Å². The third-order valence-electron chi connectivity index (χ3n) is 3.10. The van der Waals surface area contributed by atoms with Gasteiger partial charge in [0.05, 0.1) is 29.0 Å². The summed E-state index contributed by atoms with van der Waals surface area (Å²) in [6, 6.07) is 6.12. The van der Waals surface area contributed by atoms with E-state index in [0.29, 0.717) is 17.2 Å². The van der Waals surface area contributed by atoms with Crippen LogP contribution >= 0.6 is 23.1 Å². The number of carbonyl (C=O) groups excluding carboxylic acids is 2. The van der Waals surface area contributed by atoms with Crippen molar-refractivity contribution in [1.82, 2.24) is 5.32 Å². The number of hydrogen-bond donors (Lipinski definition) is 1. The number of esters is 1. The molecule has 1 atom stereocenters. The summed E-state index contributed by atoms with van der Waals surface area (Å²) >= 11 is 2.73. The Balaban J connectivity index is 2.24. The first-order valence-corrected chi connectivity index (χ1v) is 8.64. The quantitative estimate of drug-likeness (QED) is 0.836. The minimum atomic E-state index is -0.361. The second-order valence-electron chi connectivity index (χ2n) is 4.70. The van der Waals surface area contributed by atoms with Crippen molar-refractivity contribution in [3.8, 4) is 6.07 Å². The zero-order valence-corrected chi connectivity index (χ0v) is 14.0. The zero-order chi connectivity index (χ0) is 16.1. The molecule has 0 spiro atoms. The molecule has 22 heavy (non-hydrogen) atoms. The van der Waals surface area contributed by atoms with Crippen LogP contribution in [0.25, 0.3) is 0 Å². The van der Waals surface area contributed by atoms with Crippen LogP contribution in [0.15, 0.2) is 22.7 Å². The molecule has 0 fully saturated rings. The summed E-state index contributed by atoms with van der Waals surface area (Å²) in [5, 5.41) is 12.6. The highest BCUT2D eigenvalue weighted by molar-refractivity contribution is 8.03. The van der Waals surface area contributed by atoms with E-state index < -0.39 is 0 Å². The minimum absolute atomic E-state index is 0.0742. The highest BCUT2D eigenvalue weighted by Crippen LogP contribution is 2.38. The first kappa shape index (κ1) is 16.6. The fourth-order valence-electron chi connectivity index (χ4n) is 2.15. The van der Waals surface area contributed by atoms with E-state index in [1.165, 1.54) is 0 Å². The Kier molecular flexibility index (Phi) is 5.63. The second kappa shape index (κ2) is 7.47. The first-order chi connectivity index (χ1) is 10.5. The normalized spacial score (nSPS) is 17.9. The predicted molar refractivity (Wildman–Crippen MR) is 86.3 cm³/mol. The smallest absolute Gasteiger partial charge is 0.316 e. The van der Waals surface area contributed by atoms with Crippen LogP contribution < -0.4 is 5.32 Å². The number of ether oxygens (including phenoxy) is 1. The molecule has 1 aliphatic rings. The molecule has 1 amide bonds. The van der Waals surface area contributed by atoms with Gasteiger partial charge in [-0.05, 0) is 26.0 Å². The van der Waals surface area contributed by atoms with Gasteiger partial charge < -0.3 is 10.1 Å². The standard InChI is InChI=1S/C15H16N2O3S2/c1-3-20-14(19)8-21-15-11(7-16)10(6-13(18)17-15)12-5-4-9(2)22-12/h4-5,10H,3,6,8H2,1-2H3,(H,17,18)/t10-/m0/s1. The molecule has 1 aromatic rings. The van der Waals surface area contributed by atoms with Gasteiger partial charge in [0.1, 0.15) is 0 Å². The van der Waals surface area contributed by atoms with E-state index in [9.17, 15) is 14.9 Å². The third kappa shape index (κ3) is 3.90. The number of amides is 1. The summed E-state index contributed by atoms with van der Waals surface area (Å²) in [6.07, 6.45) is 0.256. The molecule has 0 bridgehead atoms. The molecule has 1 N–H and O–H groups in total. The molecule has 116 valence electrons. The van der Waals surface area contributed by atoms with Crippen molar-refractivity contribution in [1.29, 1.82) is 5.26 Å². The Hall–Kier alpha value is -1.78. The van der Waals surface area contributed by atoms with Gasteiger partial charge in [-0.1, -0.05) is 11.8 Å². The number of carbonyl (C=O) groups is 2. The van der Waals surface area contributed by atoms with Crippen LogP contribution in [0.3, 0.4) is 0 Å². The zero-order valence-electron chi connectivity index (χ0n) is 12.3. The maximum atomic E-state index is 11.9. The molecule has 0 aromatic carbocycles. The monoisotopic (exact) mass is 336 g/mol. The first-order valence-electron chi connectivity index (χ1n) is 6.84. The molecule has 0 unspecified atom stereocenters. The molecule has 0 aliphatic carbocycles. The third-order valence-corrected chi connectivity index (χ3v) is 5.21. The van der Waals surface area contributed by atoms with E-state index in [4.69, 9.17) is 4.74 Å². The minimum Gasteiger partial charge on any atom is -0.465 e. The molecule has 0 saturated carbocycles. The maximum Gasteiger partial charge on any atom is 0.316 e. The van der Waals surface area contributed by atoms with Crippen molar-refractivity contribution < 1.29 is 14.3 Å². The second-order valence-corrected chi connectivity index (χ2v) is 7.01. The molecular weight excluding hydrogens is 320 g/mol. The molecule has 7 heteroatoms. The van der Waals surface area contributed by atoms with Gasteiger partial charge in [0.15, 0.2) is 0 Å². The summed E-state index contributed by atoms with van der Waals surface area (Å²) in [5.41, 5.74) is 0.510. The van der Waals surface area contributed by atoms with Gasteiger partial charge in [-0.2, -0.15) is 5.26 Å². The number of rotatable bonds is 5. The van der Waals surface area contributed by atoms with Gasteiger partial charge in [0.2, 0.25) is 5.91 Å². The summed E-state index contributed by atoms with van der Waals surface area (Å²) < 4.78 is 4.87. The fraction of sp³-hybridized carbons (Fsp3) is 0.400. The number of nitrogens with zero attached hydrogens (tertiary/aromatic N) is 1. The molecule has 5 nitrogen and oxygen atoms in total. The van der Waals surface area contributed by atoms with E-state index in [2.05, 4.69) is 11.4 Å². The van der Waals surface area contributed by atoms with Crippen LogP contribution in [0, 0.1) is 18.3 Å². The number of nitrogens with one attached hydrogen (secondary N) is 1. The number of hydrogen-bond acceptors (Lipinski definition) is 6. The van der Waals surface area contributed by atoms with Crippen molar-refractivity contribution in [3.05, 3.63) is 32.5 Å².